The summed E-state index contributed by atoms with van der Waals surface area (Å²) in [7, 11) is 1.30. The summed E-state index contributed by atoms with van der Waals surface area (Å²) in [6.45, 7) is 0. The van der Waals surface area contributed by atoms with E-state index in [0.717, 1.165) is 6.07 Å². The Morgan fingerprint density at radius 3 is 2.54 bits per heavy atom. The maximum atomic E-state index is 12.3. The first-order valence-corrected chi connectivity index (χ1v) is 4.29. The molecule has 0 radical (unpaired) electrons. The molecular formula is C7H5F3INO. The van der Waals surface area contributed by atoms with Crippen molar-refractivity contribution in [1.29, 1.82) is 0 Å². The Balaban J connectivity index is 3.19. The zero-order valence-electron chi connectivity index (χ0n) is 6.52. The second-order valence-corrected chi connectivity index (χ2v) is 3.23. The first-order valence-electron chi connectivity index (χ1n) is 3.22. The molecule has 13 heavy (non-hydrogen) atoms. The van der Waals surface area contributed by atoms with Crippen LogP contribution in [0.5, 0.6) is 5.75 Å². The highest BCUT2D eigenvalue weighted by molar-refractivity contribution is 14.1. The molecule has 0 spiro atoms. The van der Waals surface area contributed by atoms with E-state index >= 15 is 0 Å². The monoisotopic (exact) mass is 303 g/mol. The Hall–Kier alpha value is -0.530. The van der Waals surface area contributed by atoms with Gasteiger partial charge < -0.3 is 4.74 Å². The third-order valence-electron chi connectivity index (χ3n) is 1.36. The van der Waals surface area contributed by atoms with Crippen molar-refractivity contribution in [2.75, 3.05) is 7.11 Å². The van der Waals surface area contributed by atoms with Gasteiger partial charge in [-0.15, -0.1) is 0 Å². The summed E-state index contributed by atoms with van der Waals surface area (Å²) in [6, 6.07) is 0.925. The summed E-state index contributed by atoms with van der Waals surface area (Å²) < 4.78 is 41.4. The highest BCUT2D eigenvalue weighted by Gasteiger charge is 2.34. The van der Waals surface area contributed by atoms with Crippen LogP contribution >= 0.6 is 22.6 Å². The zero-order valence-corrected chi connectivity index (χ0v) is 8.68. The lowest BCUT2D eigenvalue weighted by molar-refractivity contribution is -0.138. The Bertz CT molecular complexity index is 313. The van der Waals surface area contributed by atoms with Crippen LogP contribution < -0.4 is 4.74 Å². The molecule has 0 aliphatic heterocycles. The van der Waals surface area contributed by atoms with Crippen LogP contribution in [-0.4, -0.2) is 12.1 Å². The molecule has 6 heteroatoms. The fourth-order valence-corrected chi connectivity index (χ4v) is 1.34. The van der Waals surface area contributed by atoms with Crippen molar-refractivity contribution in [3.63, 3.8) is 0 Å². The van der Waals surface area contributed by atoms with Crippen LogP contribution in [0.15, 0.2) is 12.3 Å². The van der Waals surface area contributed by atoms with Crippen molar-refractivity contribution in [2.24, 2.45) is 0 Å². The maximum absolute atomic E-state index is 12.3. The number of rotatable bonds is 1. The summed E-state index contributed by atoms with van der Waals surface area (Å²) >= 11 is 1.53. The van der Waals surface area contributed by atoms with E-state index in [1.165, 1.54) is 35.9 Å². The van der Waals surface area contributed by atoms with Gasteiger partial charge in [-0.25, -0.2) is 4.98 Å². The van der Waals surface area contributed by atoms with E-state index < -0.39 is 11.7 Å². The van der Waals surface area contributed by atoms with Gasteiger partial charge in [-0.05, 0) is 28.7 Å². The standard InChI is InChI=1S/C7H5F3INO/c1-13-4-2-5(7(8,9)10)6(11)12-3-4/h2-3H,1H3. The fraction of sp³-hybridized carbons (Fsp3) is 0.286. The second kappa shape index (κ2) is 3.69. The zero-order chi connectivity index (χ0) is 10.1. The van der Waals surface area contributed by atoms with E-state index in [0.29, 0.717) is 0 Å². The maximum Gasteiger partial charge on any atom is 0.419 e. The van der Waals surface area contributed by atoms with Crippen LogP contribution in [0.25, 0.3) is 0 Å². The molecule has 1 aromatic heterocycles. The highest BCUT2D eigenvalue weighted by atomic mass is 127. The fourth-order valence-electron chi connectivity index (χ4n) is 0.739. The molecule has 0 saturated carbocycles. The summed E-state index contributed by atoms with van der Waals surface area (Å²) in [6.07, 6.45) is -3.13. The van der Waals surface area contributed by atoms with Crippen molar-refractivity contribution >= 4 is 22.6 Å². The van der Waals surface area contributed by atoms with E-state index in [2.05, 4.69) is 9.72 Å². The van der Waals surface area contributed by atoms with E-state index in [9.17, 15) is 13.2 Å². The number of nitrogens with zero attached hydrogens (tertiary/aromatic N) is 1. The predicted octanol–water partition coefficient (Wildman–Crippen LogP) is 2.71. The number of halogens is 4. The Morgan fingerprint density at radius 2 is 2.08 bits per heavy atom. The Morgan fingerprint density at radius 1 is 1.46 bits per heavy atom. The third-order valence-corrected chi connectivity index (χ3v) is 2.21. The van der Waals surface area contributed by atoms with Gasteiger partial charge in [0.05, 0.1) is 18.9 Å². The molecule has 0 amide bonds. The smallest absolute Gasteiger partial charge is 0.419 e. The van der Waals surface area contributed by atoms with Crippen molar-refractivity contribution < 1.29 is 17.9 Å². The molecule has 0 unspecified atom stereocenters. The molecule has 1 rings (SSSR count). The van der Waals surface area contributed by atoms with Gasteiger partial charge in [0.25, 0.3) is 0 Å². The van der Waals surface area contributed by atoms with E-state index in [4.69, 9.17) is 0 Å². The van der Waals surface area contributed by atoms with Crippen LogP contribution in [0.4, 0.5) is 13.2 Å². The summed E-state index contributed by atoms with van der Waals surface area (Å²) in [5.74, 6) is 0.104. The van der Waals surface area contributed by atoms with Crippen molar-refractivity contribution in [3.05, 3.63) is 21.5 Å². The minimum atomic E-state index is -4.38. The van der Waals surface area contributed by atoms with Gasteiger partial charge in [0.1, 0.15) is 9.45 Å². The van der Waals surface area contributed by atoms with Crippen LogP contribution in [-0.2, 0) is 6.18 Å². The number of alkyl halides is 3. The number of aromatic nitrogens is 1. The van der Waals surface area contributed by atoms with Crippen LogP contribution in [0.2, 0.25) is 0 Å². The lowest BCUT2D eigenvalue weighted by Gasteiger charge is -2.09. The number of ether oxygens (including phenoxy) is 1. The molecule has 0 atom stereocenters. The number of hydrogen-bond acceptors (Lipinski definition) is 2. The van der Waals surface area contributed by atoms with Gasteiger partial charge in [0, 0.05) is 0 Å². The van der Waals surface area contributed by atoms with Gasteiger partial charge >= 0.3 is 6.18 Å². The van der Waals surface area contributed by atoms with Gasteiger partial charge in [0.15, 0.2) is 0 Å². The highest BCUT2D eigenvalue weighted by Crippen LogP contribution is 2.33. The molecule has 0 saturated heterocycles. The molecular weight excluding hydrogens is 298 g/mol. The van der Waals surface area contributed by atoms with Gasteiger partial charge in [-0.3, -0.25) is 0 Å². The van der Waals surface area contributed by atoms with Gasteiger partial charge in [-0.1, -0.05) is 0 Å². The number of hydrogen-bond donors (Lipinski definition) is 0. The average Bonchev–Trinajstić information content (AvgIpc) is 2.03. The van der Waals surface area contributed by atoms with Gasteiger partial charge in [-0.2, -0.15) is 13.2 Å². The summed E-state index contributed by atoms with van der Waals surface area (Å²) in [5, 5.41) is 0. The van der Waals surface area contributed by atoms with E-state index in [1.54, 1.807) is 0 Å². The number of methoxy groups -OCH3 is 1. The first kappa shape index (κ1) is 10.6. The van der Waals surface area contributed by atoms with Crippen molar-refractivity contribution in [3.8, 4) is 5.75 Å². The molecule has 0 fully saturated rings. The molecule has 0 aliphatic carbocycles. The first-order chi connectivity index (χ1) is 5.95. The largest absolute Gasteiger partial charge is 0.495 e. The minimum Gasteiger partial charge on any atom is -0.495 e. The number of pyridine rings is 1. The molecule has 2 nitrogen and oxygen atoms in total. The van der Waals surface area contributed by atoms with Crippen LogP contribution in [0, 0.1) is 3.70 Å². The molecule has 72 valence electrons. The van der Waals surface area contributed by atoms with E-state index in [-0.39, 0.29) is 9.45 Å². The normalized spacial score (nSPS) is 11.5. The molecule has 0 aliphatic rings. The minimum absolute atomic E-state index is 0.0779. The lowest BCUT2D eigenvalue weighted by Crippen LogP contribution is -2.09. The van der Waals surface area contributed by atoms with Crippen molar-refractivity contribution in [1.82, 2.24) is 4.98 Å². The molecule has 1 aromatic rings. The van der Waals surface area contributed by atoms with Crippen LogP contribution in [0.1, 0.15) is 5.56 Å². The molecule has 0 aromatic carbocycles. The van der Waals surface area contributed by atoms with Crippen molar-refractivity contribution in [2.45, 2.75) is 6.18 Å². The van der Waals surface area contributed by atoms with Gasteiger partial charge in [0.2, 0.25) is 0 Å². The van der Waals surface area contributed by atoms with Crippen LogP contribution in [0.3, 0.4) is 0 Å². The molecule has 0 N–H and O–H groups in total. The SMILES string of the molecule is COc1cnc(I)c(C(F)(F)F)c1. The topological polar surface area (TPSA) is 22.1 Å². The van der Waals surface area contributed by atoms with E-state index in [1.807, 2.05) is 0 Å². The quantitative estimate of drug-likeness (QED) is 0.588. The summed E-state index contributed by atoms with van der Waals surface area (Å²) in [4.78, 5) is 3.56. The average molecular weight is 303 g/mol. The second-order valence-electron chi connectivity index (χ2n) is 2.21. The Kier molecular flexibility index (Phi) is 2.99. The lowest BCUT2D eigenvalue weighted by atomic mass is 10.3. The third kappa shape index (κ3) is 2.45. The summed E-state index contributed by atoms with van der Waals surface area (Å²) in [5.41, 5.74) is -0.771. The molecule has 1 heterocycles. The Labute approximate surface area is 86.3 Å². The predicted molar refractivity (Wildman–Crippen MR) is 48.5 cm³/mol. The molecule has 0 bridgehead atoms.